The summed E-state index contributed by atoms with van der Waals surface area (Å²) >= 11 is 2.89. The van der Waals surface area contributed by atoms with E-state index in [-0.39, 0.29) is 10.2 Å². The lowest BCUT2D eigenvalue weighted by Gasteiger charge is -2.10. The molecule has 1 saturated heterocycles. The standard InChI is InChI=1S/C13H13BrF3N3/c1-20-6-2-3-10(20)8-18-19-9-4-5-12(14)11(7-9)13(15,16)17/h4-5,7-8H,2-3,6H2,1H3/b10-8+,19-18?. The summed E-state index contributed by atoms with van der Waals surface area (Å²) in [5.41, 5.74) is 0.472. The van der Waals surface area contributed by atoms with Crippen LogP contribution in [0.25, 0.3) is 0 Å². The smallest absolute Gasteiger partial charge is 0.377 e. The molecule has 1 aliphatic heterocycles. The molecule has 0 saturated carbocycles. The van der Waals surface area contributed by atoms with Gasteiger partial charge in [0.05, 0.1) is 17.5 Å². The summed E-state index contributed by atoms with van der Waals surface area (Å²) in [6.07, 6.45) is -0.825. The fourth-order valence-electron chi connectivity index (χ4n) is 1.95. The molecule has 2 rings (SSSR count). The van der Waals surface area contributed by atoms with Crippen molar-refractivity contribution in [2.24, 2.45) is 10.2 Å². The van der Waals surface area contributed by atoms with Crippen molar-refractivity contribution in [1.29, 1.82) is 0 Å². The lowest BCUT2D eigenvalue weighted by Crippen LogP contribution is -2.09. The van der Waals surface area contributed by atoms with E-state index >= 15 is 0 Å². The highest BCUT2D eigenvalue weighted by Crippen LogP contribution is 2.37. The van der Waals surface area contributed by atoms with Gasteiger partial charge in [0.25, 0.3) is 0 Å². The van der Waals surface area contributed by atoms with Crippen LogP contribution in [0.1, 0.15) is 18.4 Å². The average molecular weight is 348 g/mol. The molecule has 0 spiro atoms. The number of hydrogen-bond acceptors (Lipinski definition) is 3. The van der Waals surface area contributed by atoms with E-state index in [1.165, 1.54) is 12.1 Å². The molecule has 0 radical (unpaired) electrons. The summed E-state index contributed by atoms with van der Waals surface area (Å²) in [4.78, 5) is 2.06. The Kier molecular flexibility index (Phi) is 4.47. The molecule has 0 aliphatic carbocycles. The van der Waals surface area contributed by atoms with Gasteiger partial charge in [-0.25, -0.2) is 0 Å². The van der Waals surface area contributed by atoms with Crippen LogP contribution in [-0.2, 0) is 6.18 Å². The third kappa shape index (κ3) is 3.59. The van der Waals surface area contributed by atoms with E-state index in [1.54, 1.807) is 6.20 Å². The molecule has 0 unspecified atom stereocenters. The Morgan fingerprint density at radius 3 is 2.70 bits per heavy atom. The van der Waals surface area contributed by atoms with Crippen LogP contribution >= 0.6 is 15.9 Å². The Balaban J connectivity index is 2.18. The van der Waals surface area contributed by atoms with Gasteiger partial charge in [-0.05, 0) is 31.0 Å². The lowest BCUT2D eigenvalue weighted by molar-refractivity contribution is -0.138. The minimum Gasteiger partial charge on any atom is -0.377 e. The second-order valence-corrected chi connectivity index (χ2v) is 5.38. The van der Waals surface area contributed by atoms with E-state index in [4.69, 9.17) is 0 Å². The molecule has 0 N–H and O–H groups in total. The van der Waals surface area contributed by atoms with Crippen molar-refractivity contribution in [3.63, 3.8) is 0 Å². The maximum absolute atomic E-state index is 12.7. The summed E-state index contributed by atoms with van der Waals surface area (Å²) in [5.74, 6) is 0. The zero-order valence-corrected chi connectivity index (χ0v) is 12.4. The SMILES string of the molecule is CN1CCC/C1=C\N=Nc1ccc(Br)c(C(F)(F)F)c1. The first-order valence-electron chi connectivity index (χ1n) is 6.06. The average Bonchev–Trinajstić information content (AvgIpc) is 2.76. The van der Waals surface area contributed by atoms with Crippen molar-refractivity contribution in [2.75, 3.05) is 13.6 Å². The van der Waals surface area contributed by atoms with Gasteiger partial charge >= 0.3 is 6.18 Å². The van der Waals surface area contributed by atoms with Gasteiger partial charge in [0.1, 0.15) is 0 Å². The Morgan fingerprint density at radius 1 is 1.35 bits per heavy atom. The van der Waals surface area contributed by atoms with Crippen LogP contribution < -0.4 is 0 Å². The van der Waals surface area contributed by atoms with Crippen molar-refractivity contribution in [3.8, 4) is 0 Å². The number of azo groups is 1. The summed E-state index contributed by atoms with van der Waals surface area (Å²) < 4.78 is 38.2. The van der Waals surface area contributed by atoms with Crippen molar-refractivity contribution in [2.45, 2.75) is 19.0 Å². The molecule has 0 atom stereocenters. The molecular weight excluding hydrogens is 335 g/mol. The zero-order chi connectivity index (χ0) is 14.8. The summed E-state index contributed by atoms with van der Waals surface area (Å²) in [7, 11) is 1.95. The van der Waals surface area contributed by atoms with Crippen LogP contribution in [0.15, 0.2) is 44.8 Å². The Bertz CT molecular complexity index is 552. The van der Waals surface area contributed by atoms with Crippen LogP contribution in [0, 0.1) is 0 Å². The van der Waals surface area contributed by atoms with Gasteiger partial charge in [-0.15, -0.1) is 0 Å². The fourth-order valence-corrected chi connectivity index (χ4v) is 2.42. The summed E-state index contributed by atoms with van der Waals surface area (Å²) in [6, 6.07) is 3.79. The van der Waals surface area contributed by atoms with Gasteiger partial charge in [0, 0.05) is 23.8 Å². The van der Waals surface area contributed by atoms with E-state index in [2.05, 4.69) is 31.1 Å². The molecule has 0 bridgehead atoms. The number of benzene rings is 1. The predicted octanol–water partition coefficient (Wildman–Crippen LogP) is 5.12. The first-order chi connectivity index (χ1) is 9.38. The third-order valence-electron chi connectivity index (χ3n) is 3.05. The zero-order valence-electron chi connectivity index (χ0n) is 10.8. The lowest BCUT2D eigenvalue weighted by atomic mass is 10.2. The highest BCUT2D eigenvalue weighted by molar-refractivity contribution is 9.10. The van der Waals surface area contributed by atoms with Crippen LogP contribution in [0.3, 0.4) is 0 Å². The molecule has 7 heteroatoms. The Labute approximate surface area is 123 Å². The summed E-state index contributed by atoms with van der Waals surface area (Å²) in [6.45, 7) is 0.970. The molecule has 1 heterocycles. The van der Waals surface area contributed by atoms with E-state index in [0.29, 0.717) is 0 Å². The van der Waals surface area contributed by atoms with E-state index < -0.39 is 11.7 Å². The molecule has 108 valence electrons. The minimum atomic E-state index is -4.41. The van der Waals surface area contributed by atoms with E-state index in [0.717, 1.165) is 31.1 Å². The van der Waals surface area contributed by atoms with Crippen molar-refractivity contribution < 1.29 is 13.2 Å². The minimum absolute atomic E-state index is 0.00201. The normalized spacial score (nSPS) is 18.4. The van der Waals surface area contributed by atoms with Crippen LogP contribution in [-0.4, -0.2) is 18.5 Å². The second kappa shape index (κ2) is 5.95. The van der Waals surface area contributed by atoms with Crippen LogP contribution in [0.2, 0.25) is 0 Å². The summed E-state index contributed by atoms with van der Waals surface area (Å²) in [5, 5.41) is 7.69. The molecule has 0 aromatic heterocycles. The first kappa shape index (κ1) is 15.0. The van der Waals surface area contributed by atoms with Crippen molar-refractivity contribution in [1.82, 2.24) is 4.90 Å². The number of likely N-dealkylation sites (tertiary alicyclic amines) is 1. The molecule has 1 aliphatic rings. The molecule has 1 aromatic rings. The maximum atomic E-state index is 12.7. The highest BCUT2D eigenvalue weighted by Gasteiger charge is 2.33. The van der Waals surface area contributed by atoms with Gasteiger partial charge in [-0.2, -0.15) is 23.4 Å². The van der Waals surface area contributed by atoms with Gasteiger partial charge in [-0.1, -0.05) is 15.9 Å². The number of nitrogens with zero attached hydrogens (tertiary/aromatic N) is 3. The Morgan fingerprint density at radius 2 is 2.10 bits per heavy atom. The topological polar surface area (TPSA) is 28.0 Å². The predicted molar refractivity (Wildman–Crippen MR) is 73.6 cm³/mol. The molecule has 0 amide bonds. The molecule has 20 heavy (non-hydrogen) atoms. The number of rotatable bonds is 2. The largest absolute Gasteiger partial charge is 0.417 e. The van der Waals surface area contributed by atoms with Gasteiger partial charge in [-0.3, -0.25) is 0 Å². The van der Waals surface area contributed by atoms with E-state index in [1.807, 2.05) is 7.05 Å². The third-order valence-corrected chi connectivity index (χ3v) is 3.74. The van der Waals surface area contributed by atoms with Gasteiger partial charge in [0.2, 0.25) is 0 Å². The number of hydrogen-bond donors (Lipinski definition) is 0. The van der Waals surface area contributed by atoms with Crippen molar-refractivity contribution >= 4 is 21.6 Å². The molecule has 1 aromatic carbocycles. The van der Waals surface area contributed by atoms with Gasteiger partial charge in [0.15, 0.2) is 0 Å². The maximum Gasteiger partial charge on any atom is 0.417 e. The number of allylic oxidation sites excluding steroid dienone is 1. The molecule has 1 fully saturated rings. The number of halogens is 4. The first-order valence-corrected chi connectivity index (χ1v) is 6.85. The highest BCUT2D eigenvalue weighted by atomic mass is 79.9. The molecular formula is C13H13BrF3N3. The fraction of sp³-hybridized carbons (Fsp3) is 0.385. The quantitative estimate of drug-likeness (QED) is 0.682. The Hall–Kier alpha value is -1.37. The molecule has 3 nitrogen and oxygen atoms in total. The van der Waals surface area contributed by atoms with Crippen LogP contribution in [0.5, 0.6) is 0 Å². The second-order valence-electron chi connectivity index (χ2n) is 4.52. The monoisotopic (exact) mass is 347 g/mol. The number of alkyl halides is 3. The van der Waals surface area contributed by atoms with Gasteiger partial charge < -0.3 is 4.90 Å². The van der Waals surface area contributed by atoms with E-state index in [9.17, 15) is 13.2 Å². The van der Waals surface area contributed by atoms with Crippen molar-refractivity contribution in [3.05, 3.63) is 40.1 Å². The van der Waals surface area contributed by atoms with Crippen LogP contribution in [0.4, 0.5) is 18.9 Å².